The van der Waals surface area contributed by atoms with Crippen molar-refractivity contribution in [1.29, 1.82) is 0 Å². The third-order valence-corrected chi connectivity index (χ3v) is 6.07. The van der Waals surface area contributed by atoms with E-state index in [-0.39, 0.29) is 23.6 Å². The standard InChI is InChI=1S/C19H20N2O6S/c1-4-26-18(22)12-21-16-10-9-15(11-17(16)27-19(21)23)28(24,25)20(3)14-7-5-13(2)6-8-14/h5-11H,4,12H2,1-3H3. The number of esters is 1. The number of fused-ring (bicyclic) bond motifs is 1. The molecule has 0 amide bonds. The average molecular weight is 404 g/mol. The van der Waals surface area contributed by atoms with E-state index >= 15 is 0 Å². The monoisotopic (exact) mass is 404 g/mol. The van der Waals surface area contributed by atoms with Gasteiger partial charge in [-0.2, -0.15) is 0 Å². The molecule has 3 rings (SSSR count). The molecule has 1 aromatic heterocycles. The van der Waals surface area contributed by atoms with Crippen LogP contribution in [0, 0.1) is 6.92 Å². The van der Waals surface area contributed by atoms with E-state index in [2.05, 4.69) is 0 Å². The van der Waals surface area contributed by atoms with E-state index in [4.69, 9.17) is 9.15 Å². The molecule has 0 unspecified atom stereocenters. The van der Waals surface area contributed by atoms with Gasteiger partial charge < -0.3 is 9.15 Å². The highest BCUT2D eigenvalue weighted by atomic mass is 32.2. The zero-order valence-corrected chi connectivity index (χ0v) is 16.5. The van der Waals surface area contributed by atoms with E-state index in [0.29, 0.717) is 11.2 Å². The molecule has 1 heterocycles. The Morgan fingerprint density at radius 1 is 1.18 bits per heavy atom. The Kier molecular flexibility index (Phi) is 5.28. The van der Waals surface area contributed by atoms with Crippen molar-refractivity contribution in [3.8, 4) is 0 Å². The number of benzene rings is 2. The van der Waals surface area contributed by atoms with Crippen molar-refractivity contribution in [3.63, 3.8) is 0 Å². The molecule has 0 saturated heterocycles. The predicted molar refractivity (Wildman–Crippen MR) is 104 cm³/mol. The molecule has 0 atom stereocenters. The summed E-state index contributed by atoms with van der Waals surface area (Å²) in [5.41, 5.74) is 1.91. The van der Waals surface area contributed by atoms with Gasteiger partial charge in [0.1, 0.15) is 6.54 Å². The summed E-state index contributed by atoms with van der Waals surface area (Å²) in [6, 6.07) is 11.1. The van der Waals surface area contributed by atoms with Crippen LogP contribution in [0.3, 0.4) is 0 Å². The molecule has 28 heavy (non-hydrogen) atoms. The van der Waals surface area contributed by atoms with Crippen LogP contribution in [0.2, 0.25) is 0 Å². The fraction of sp³-hybridized carbons (Fsp3) is 0.263. The normalized spacial score (nSPS) is 11.5. The summed E-state index contributed by atoms with van der Waals surface area (Å²) in [6.45, 7) is 3.46. The first kappa shape index (κ1) is 19.7. The lowest BCUT2D eigenvalue weighted by molar-refractivity contribution is -0.143. The van der Waals surface area contributed by atoms with Crippen LogP contribution in [0.25, 0.3) is 11.1 Å². The van der Waals surface area contributed by atoms with Crippen LogP contribution in [0.15, 0.2) is 56.6 Å². The maximum atomic E-state index is 12.9. The number of carbonyl (C=O) groups excluding carboxylic acids is 1. The third kappa shape index (κ3) is 3.65. The maximum absolute atomic E-state index is 12.9. The van der Waals surface area contributed by atoms with Gasteiger partial charge in [-0.15, -0.1) is 0 Å². The SMILES string of the molecule is CCOC(=O)Cn1c(=O)oc2cc(S(=O)(=O)N(C)c3ccc(C)cc3)ccc21. The van der Waals surface area contributed by atoms with Crippen molar-refractivity contribution in [2.45, 2.75) is 25.3 Å². The predicted octanol–water partition coefficient (Wildman–Crippen LogP) is 2.29. The number of aromatic nitrogens is 1. The van der Waals surface area contributed by atoms with Gasteiger partial charge in [0.2, 0.25) is 0 Å². The topological polar surface area (TPSA) is 98.8 Å². The first-order valence-electron chi connectivity index (χ1n) is 8.58. The highest BCUT2D eigenvalue weighted by Gasteiger charge is 2.23. The second-order valence-corrected chi connectivity index (χ2v) is 8.17. The van der Waals surface area contributed by atoms with Gasteiger partial charge in [0.15, 0.2) is 5.58 Å². The van der Waals surface area contributed by atoms with Gasteiger partial charge in [-0.05, 0) is 38.1 Å². The van der Waals surface area contributed by atoms with Crippen LogP contribution in [0.4, 0.5) is 5.69 Å². The Hall–Kier alpha value is -3.07. The lowest BCUT2D eigenvalue weighted by Gasteiger charge is -2.19. The molecule has 0 aliphatic carbocycles. The van der Waals surface area contributed by atoms with Crippen LogP contribution in [0.5, 0.6) is 0 Å². The molecular formula is C19H20N2O6S. The average Bonchev–Trinajstić information content (AvgIpc) is 2.96. The van der Waals surface area contributed by atoms with Crippen LogP contribution in [-0.2, 0) is 26.1 Å². The molecular weight excluding hydrogens is 384 g/mol. The van der Waals surface area contributed by atoms with Gasteiger partial charge in [-0.1, -0.05) is 17.7 Å². The summed E-state index contributed by atoms with van der Waals surface area (Å²) in [7, 11) is -2.41. The number of carbonyl (C=O) groups is 1. The van der Waals surface area contributed by atoms with Crippen LogP contribution < -0.4 is 10.1 Å². The molecule has 0 saturated carbocycles. The van der Waals surface area contributed by atoms with E-state index in [9.17, 15) is 18.0 Å². The van der Waals surface area contributed by atoms with E-state index in [1.54, 1.807) is 19.1 Å². The minimum atomic E-state index is -3.86. The first-order chi connectivity index (χ1) is 13.2. The minimum Gasteiger partial charge on any atom is -0.465 e. The molecule has 0 N–H and O–H groups in total. The van der Waals surface area contributed by atoms with Crippen molar-refractivity contribution >= 4 is 32.8 Å². The van der Waals surface area contributed by atoms with Gasteiger partial charge in [0, 0.05) is 13.1 Å². The summed E-state index contributed by atoms with van der Waals surface area (Å²) >= 11 is 0. The quantitative estimate of drug-likeness (QED) is 0.585. The molecule has 0 aliphatic heterocycles. The van der Waals surface area contributed by atoms with Gasteiger partial charge in [0.05, 0.1) is 22.7 Å². The van der Waals surface area contributed by atoms with Crippen molar-refractivity contribution in [3.05, 3.63) is 58.6 Å². The number of hydrogen-bond acceptors (Lipinski definition) is 6. The van der Waals surface area contributed by atoms with Gasteiger partial charge in [-0.25, -0.2) is 13.2 Å². The van der Waals surface area contributed by atoms with Crippen molar-refractivity contribution in [2.75, 3.05) is 18.0 Å². The highest BCUT2D eigenvalue weighted by Crippen LogP contribution is 2.25. The number of rotatable bonds is 6. The van der Waals surface area contributed by atoms with E-state index in [0.717, 1.165) is 14.4 Å². The Balaban J connectivity index is 1.99. The van der Waals surface area contributed by atoms with Gasteiger partial charge in [0.25, 0.3) is 10.0 Å². The second-order valence-electron chi connectivity index (χ2n) is 6.20. The first-order valence-corrected chi connectivity index (χ1v) is 10.0. The number of aryl methyl sites for hydroxylation is 1. The molecule has 0 aliphatic rings. The second kappa shape index (κ2) is 7.51. The third-order valence-electron chi connectivity index (χ3n) is 4.29. The number of nitrogens with zero attached hydrogens (tertiary/aromatic N) is 2. The Bertz CT molecular complexity index is 1180. The molecule has 3 aromatic rings. The largest absolute Gasteiger partial charge is 0.465 e. The number of hydrogen-bond donors (Lipinski definition) is 0. The van der Waals surface area contributed by atoms with Crippen LogP contribution in [0.1, 0.15) is 12.5 Å². The fourth-order valence-corrected chi connectivity index (χ4v) is 3.96. The summed E-state index contributed by atoms with van der Waals surface area (Å²) < 4.78 is 38.1. The Labute approximate surface area is 162 Å². The zero-order valence-electron chi connectivity index (χ0n) is 15.7. The lowest BCUT2D eigenvalue weighted by Crippen LogP contribution is -2.26. The lowest BCUT2D eigenvalue weighted by atomic mass is 10.2. The Morgan fingerprint density at radius 2 is 1.86 bits per heavy atom. The molecule has 2 aromatic carbocycles. The van der Waals surface area contributed by atoms with E-state index in [1.165, 1.54) is 25.2 Å². The minimum absolute atomic E-state index is 0.0277. The molecule has 8 nitrogen and oxygen atoms in total. The van der Waals surface area contributed by atoms with Crippen molar-refractivity contribution < 1.29 is 22.4 Å². The summed E-state index contributed by atoms with van der Waals surface area (Å²) in [4.78, 5) is 23.7. The van der Waals surface area contributed by atoms with E-state index in [1.807, 2.05) is 19.1 Å². The summed E-state index contributed by atoms with van der Waals surface area (Å²) in [5, 5.41) is 0. The zero-order chi connectivity index (χ0) is 20.5. The van der Waals surface area contributed by atoms with E-state index < -0.39 is 21.7 Å². The maximum Gasteiger partial charge on any atom is 0.420 e. The van der Waals surface area contributed by atoms with Crippen molar-refractivity contribution in [1.82, 2.24) is 4.57 Å². The molecule has 0 fully saturated rings. The van der Waals surface area contributed by atoms with Gasteiger partial charge in [-0.3, -0.25) is 13.7 Å². The van der Waals surface area contributed by atoms with Gasteiger partial charge >= 0.3 is 11.7 Å². The fourth-order valence-electron chi connectivity index (χ4n) is 2.74. The number of sulfonamides is 1. The highest BCUT2D eigenvalue weighted by molar-refractivity contribution is 7.92. The number of oxazole rings is 1. The van der Waals surface area contributed by atoms with Crippen LogP contribution >= 0.6 is 0 Å². The molecule has 9 heteroatoms. The summed E-state index contributed by atoms with van der Waals surface area (Å²) in [6.07, 6.45) is 0. The Morgan fingerprint density at radius 3 is 2.50 bits per heavy atom. The van der Waals surface area contributed by atoms with Crippen LogP contribution in [-0.4, -0.2) is 32.6 Å². The summed E-state index contributed by atoms with van der Waals surface area (Å²) in [5.74, 6) is -1.34. The molecule has 0 radical (unpaired) electrons. The number of ether oxygens (including phenoxy) is 1. The molecule has 148 valence electrons. The smallest absolute Gasteiger partial charge is 0.420 e. The van der Waals surface area contributed by atoms with Crippen molar-refractivity contribution in [2.24, 2.45) is 0 Å². The molecule has 0 spiro atoms. The molecule has 0 bridgehead atoms. The number of anilines is 1.